The van der Waals surface area contributed by atoms with Crippen LogP contribution in [0.3, 0.4) is 0 Å². The van der Waals surface area contributed by atoms with E-state index < -0.39 is 0 Å². The van der Waals surface area contributed by atoms with Gasteiger partial charge in [0, 0.05) is 24.7 Å². The molecule has 0 aliphatic carbocycles. The molecular formula is C19H17NO. The van der Waals surface area contributed by atoms with Crippen molar-refractivity contribution in [3.05, 3.63) is 65.9 Å². The molecule has 104 valence electrons. The van der Waals surface area contributed by atoms with E-state index in [0.29, 0.717) is 0 Å². The minimum absolute atomic E-state index is 0.780. The molecule has 0 fully saturated rings. The Morgan fingerprint density at radius 2 is 1.81 bits per heavy atom. The molecule has 3 rings (SSSR count). The van der Waals surface area contributed by atoms with Crippen LogP contribution in [0.5, 0.6) is 5.75 Å². The lowest BCUT2D eigenvalue weighted by Crippen LogP contribution is -2.01. The smallest absolute Gasteiger partial charge is 0.140 e. The van der Waals surface area contributed by atoms with Gasteiger partial charge >= 0.3 is 0 Å². The number of nitrogens with zero attached hydrogens (tertiary/aromatic N) is 1. The molecule has 0 saturated heterocycles. The van der Waals surface area contributed by atoms with E-state index >= 15 is 0 Å². The summed E-state index contributed by atoms with van der Waals surface area (Å²) in [5.41, 5.74) is 3.79. The molecule has 2 aromatic carbocycles. The molecule has 1 heterocycles. The van der Waals surface area contributed by atoms with Gasteiger partial charge in [0.1, 0.15) is 11.9 Å². The van der Waals surface area contributed by atoms with Crippen molar-refractivity contribution in [2.75, 3.05) is 0 Å². The molecule has 0 aliphatic rings. The predicted molar refractivity (Wildman–Crippen MR) is 86.3 cm³/mol. The highest BCUT2D eigenvalue weighted by molar-refractivity contribution is 5.81. The van der Waals surface area contributed by atoms with Crippen LogP contribution in [0.1, 0.15) is 18.2 Å². The Bertz CT molecular complexity index is 816. The van der Waals surface area contributed by atoms with Crippen molar-refractivity contribution >= 4 is 10.9 Å². The van der Waals surface area contributed by atoms with Crippen LogP contribution in [0.25, 0.3) is 10.9 Å². The van der Waals surface area contributed by atoms with Gasteiger partial charge in [0.25, 0.3) is 0 Å². The highest BCUT2D eigenvalue weighted by Gasteiger charge is 2.05. The SMILES string of the molecule is CC#COc1ccc(Cn2c(C)cc3ccccc32)cc1. The third-order valence-corrected chi connectivity index (χ3v) is 3.55. The number of aromatic nitrogens is 1. The summed E-state index contributed by atoms with van der Waals surface area (Å²) < 4.78 is 7.60. The Labute approximate surface area is 125 Å². The van der Waals surface area contributed by atoms with Crippen LogP contribution < -0.4 is 4.74 Å². The maximum absolute atomic E-state index is 5.27. The van der Waals surface area contributed by atoms with Crippen LogP contribution in [0.2, 0.25) is 0 Å². The van der Waals surface area contributed by atoms with E-state index in [2.05, 4.69) is 66.0 Å². The molecule has 0 bridgehead atoms. The van der Waals surface area contributed by atoms with Crippen molar-refractivity contribution in [2.24, 2.45) is 0 Å². The molecule has 0 radical (unpaired) electrons. The number of hydrogen-bond acceptors (Lipinski definition) is 1. The number of para-hydroxylation sites is 1. The van der Waals surface area contributed by atoms with Gasteiger partial charge in [0.05, 0.1) is 0 Å². The minimum atomic E-state index is 0.780. The van der Waals surface area contributed by atoms with Gasteiger partial charge in [-0.15, -0.1) is 0 Å². The third kappa shape index (κ3) is 2.78. The maximum atomic E-state index is 5.27. The number of hydrogen-bond donors (Lipinski definition) is 0. The van der Waals surface area contributed by atoms with Crippen molar-refractivity contribution in [2.45, 2.75) is 20.4 Å². The van der Waals surface area contributed by atoms with Gasteiger partial charge < -0.3 is 9.30 Å². The average Bonchev–Trinajstić information content (AvgIpc) is 2.83. The molecule has 0 spiro atoms. The van der Waals surface area contributed by atoms with E-state index in [1.165, 1.54) is 22.2 Å². The lowest BCUT2D eigenvalue weighted by molar-refractivity contribution is 0.519. The topological polar surface area (TPSA) is 14.2 Å². The fourth-order valence-corrected chi connectivity index (χ4v) is 2.51. The first-order valence-electron chi connectivity index (χ1n) is 7.00. The molecule has 21 heavy (non-hydrogen) atoms. The number of ether oxygens (including phenoxy) is 1. The Balaban J connectivity index is 1.87. The highest BCUT2D eigenvalue weighted by Crippen LogP contribution is 2.21. The highest BCUT2D eigenvalue weighted by atomic mass is 16.5. The predicted octanol–water partition coefficient (Wildman–Crippen LogP) is 4.36. The normalized spacial score (nSPS) is 10.2. The van der Waals surface area contributed by atoms with Gasteiger partial charge in [-0.3, -0.25) is 0 Å². The van der Waals surface area contributed by atoms with E-state index in [-0.39, 0.29) is 0 Å². The average molecular weight is 275 g/mol. The van der Waals surface area contributed by atoms with Crippen LogP contribution in [-0.2, 0) is 6.54 Å². The van der Waals surface area contributed by atoms with Crippen LogP contribution in [0, 0.1) is 19.0 Å². The number of rotatable bonds is 3. The lowest BCUT2D eigenvalue weighted by Gasteiger charge is -2.09. The van der Waals surface area contributed by atoms with Crippen LogP contribution >= 0.6 is 0 Å². The summed E-state index contributed by atoms with van der Waals surface area (Å²) in [4.78, 5) is 0. The fourth-order valence-electron chi connectivity index (χ4n) is 2.51. The van der Waals surface area contributed by atoms with E-state index in [0.717, 1.165) is 12.3 Å². The van der Waals surface area contributed by atoms with E-state index in [9.17, 15) is 0 Å². The zero-order valence-electron chi connectivity index (χ0n) is 12.3. The second kappa shape index (κ2) is 5.76. The summed E-state index contributed by atoms with van der Waals surface area (Å²) in [6.07, 6.45) is 2.61. The first-order chi connectivity index (χ1) is 10.3. The molecule has 2 heteroatoms. The van der Waals surface area contributed by atoms with Crippen molar-refractivity contribution in [1.82, 2.24) is 4.57 Å². The zero-order chi connectivity index (χ0) is 14.7. The van der Waals surface area contributed by atoms with Gasteiger partial charge in [-0.2, -0.15) is 0 Å². The summed E-state index contributed by atoms with van der Waals surface area (Å²) in [6, 6.07) is 18.8. The van der Waals surface area contributed by atoms with Crippen molar-refractivity contribution in [1.29, 1.82) is 0 Å². The summed E-state index contributed by atoms with van der Waals surface area (Å²) >= 11 is 0. The second-order valence-electron chi connectivity index (χ2n) is 5.03. The molecule has 0 atom stereocenters. The monoisotopic (exact) mass is 275 g/mol. The Hall–Kier alpha value is -2.66. The van der Waals surface area contributed by atoms with Crippen LogP contribution in [0.15, 0.2) is 54.6 Å². The summed E-state index contributed by atoms with van der Waals surface area (Å²) in [5.74, 6) is 3.50. The van der Waals surface area contributed by atoms with Gasteiger partial charge in [0.15, 0.2) is 0 Å². The Morgan fingerprint density at radius 3 is 2.57 bits per heavy atom. The Morgan fingerprint density at radius 1 is 1.05 bits per heavy atom. The van der Waals surface area contributed by atoms with Gasteiger partial charge in [-0.05, 0) is 42.1 Å². The number of aryl methyl sites for hydroxylation is 1. The standard InChI is InChI=1S/C19H17NO/c1-3-12-21-18-10-8-16(9-11-18)14-20-15(2)13-17-6-4-5-7-19(17)20/h4-11,13H,14H2,1-2H3. The first kappa shape index (κ1) is 13.3. The van der Waals surface area contributed by atoms with E-state index in [1.54, 1.807) is 6.92 Å². The molecule has 0 amide bonds. The fraction of sp³-hybridized carbons (Fsp3) is 0.158. The first-order valence-corrected chi connectivity index (χ1v) is 7.00. The molecule has 0 unspecified atom stereocenters. The lowest BCUT2D eigenvalue weighted by atomic mass is 10.2. The number of fused-ring (bicyclic) bond motifs is 1. The molecule has 3 aromatic rings. The van der Waals surface area contributed by atoms with Gasteiger partial charge in [-0.1, -0.05) is 36.3 Å². The summed E-state index contributed by atoms with van der Waals surface area (Å²) in [5, 5.41) is 1.29. The molecule has 2 nitrogen and oxygen atoms in total. The molecular weight excluding hydrogens is 258 g/mol. The van der Waals surface area contributed by atoms with Gasteiger partial charge in [-0.25, -0.2) is 0 Å². The number of benzene rings is 2. The molecule has 0 aliphatic heterocycles. The van der Waals surface area contributed by atoms with Crippen molar-refractivity contribution in [3.8, 4) is 17.8 Å². The molecule has 0 saturated carbocycles. The second-order valence-corrected chi connectivity index (χ2v) is 5.03. The maximum Gasteiger partial charge on any atom is 0.140 e. The molecule has 0 N–H and O–H groups in total. The van der Waals surface area contributed by atoms with Crippen LogP contribution in [-0.4, -0.2) is 4.57 Å². The Kier molecular flexibility index (Phi) is 3.66. The summed E-state index contributed by atoms with van der Waals surface area (Å²) in [7, 11) is 0. The third-order valence-electron chi connectivity index (χ3n) is 3.55. The van der Waals surface area contributed by atoms with E-state index in [1.807, 2.05) is 12.1 Å². The van der Waals surface area contributed by atoms with Crippen molar-refractivity contribution in [3.63, 3.8) is 0 Å². The zero-order valence-corrected chi connectivity index (χ0v) is 12.3. The largest absolute Gasteiger partial charge is 0.408 e. The van der Waals surface area contributed by atoms with Gasteiger partial charge in [0.2, 0.25) is 0 Å². The molecule has 1 aromatic heterocycles. The quantitative estimate of drug-likeness (QED) is 0.648. The van der Waals surface area contributed by atoms with Crippen LogP contribution in [0.4, 0.5) is 0 Å². The minimum Gasteiger partial charge on any atom is -0.408 e. The summed E-state index contributed by atoms with van der Waals surface area (Å²) in [6.45, 7) is 4.77. The van der Waals surface area contributed by atoms with E-state index in [4.69, 9.17) is 4.74 Å². The van der Waals surface area contributed by atoms with Crippen molar-refractivity contribution < 1.29 is 4.74 Å².